The molecule has 2 amide bonds. The van der Waals surface area contributed by atoms with Crippen molar-refractivity contribution in [1.82, 2.24) is 15.3 Å². The minimum absolute atomic E-state index is 0.0870. The van der Waals surface area contributed by atoms with Crippen LogP contribution in [-0.4, -0.2) is 21.1 Å². The molecule has 0 radical (unpaired) electrons. The van der Waals surface area contributed by atoms with Crippen molar-refractivity contribution in [2.24, 2.45) is 0 Å². The van der Waals surface area contributed by atoms with Gasteiger partial charge in [-0.3, -0.25) is 19.9 Å². The summed E-state index contributed by atoms with van der Waals surface area (Å²) in [7, 11) is 0. The van der Waals surface area contributed by atoms with Crippen LogP contribution in [0, 0.1) is 6.92 Å². The highest BCUT2D eigenvalue weighted by molar-refractivity contribution is 8.18. The van der Waals surface area contributed by atoms with E-state index < -0.39 is 0 Å². The molecule has 0 saturated carbocycles. The van der Waals surface area contributed by atoms with Crippen molar-refractivity contribution in [3.8, 4) is 11.3 Å². The van der Waals surface area contributed by atoms with E-state index in [9.17, 15) is 9.59 Å². The van der Waals surface area contributed by atoms with Crippen molar-refractivity contribution in [2.45, 2.75) is 19.9 Å². The van der Waals surface area contributed by atoms with E-state index in [0.29, 0.717) is 10.7 Å². The van der Waals surface area contributed by atoms with Gasteiger partial charge in [0.2, 0.25) is 0 Å². The highest BCUT2D eigenvalue weighted by atomic mass is 32.2. The monoisotopic (exact) mass is 416 g/mol. The number of carbonyl (C=O) groups excluding carboxylic acids is 2. The lowest BCUT2D eigenvalue weighted by Crippen LogP contribution is -2.17. The number of hydrogen-bond donors (Lipinski definition) is 2. The first-order chi connectivity index (χ1) is 14.5. The zero-order valence-corrected chi connectivity index (χ0v) is 17.4. The number of aromatic nitrogens is 2. The molecule has 1 aromatic heterocycles. The molecule has 1 atom stereocenters. The largest absolute Gasteiger partial charge is 0.362 e. The molecule has 150 valence electrons. The highest BCUT2D eigenvalue weighted by Crippen LogP contribution is 2.28. The molecule has 1 fully saturated rings. The van der Waals surface area contributed by atoms with E-state index in [1.165, 1.54) is 0 Å². The Bertz CT molecular complexity index is 1140. The van der Waals surface area contributed by atoms with Gasteiger partial charge in [-0.1, -0.05) is 36.4 Å². The Labute approximate surface area is 178 Å². The van der Waals surface area contributed by atoms with Crippen LogP contribution in [0.5, 0.6) is 0 Å². The van der Waals surface area contributed by atoms with Crippen molar-refractivity contribution in [3.05, 3.63) is 82.5 Å². The molecule has 6 nitrogen and oxygen atoms in total. The number of nitrogens with one attached hydrogen (secondary N) is 2. The maximum atomic E-state index is 11.8. The third kappa shape index (κ3) is 4.58. The number of carbonyl (C=O) groups is 2. The molecule has 1 aliphatic heterocycles. The van der Waals surface area contributed by atoms with Crippen molar-refractivity contribution >= 4 is 34.8 Å². The molecule has 2 N–H and O–H groups in total. The second kappa shape index (κ2) is 8.51. The third-order valence-electron chi connectivity index (χ3n) is 4.63. The SMILES string of the molecule is Cc1cc(/C=C2\SC(=O)NC2=O)cc(-c2cncc(N[C@@H](C)c3ccccc3)n2)c1. The average molecular weight is 417 g/mol. The molecular formula is C23H20N4O2S. The lowest BCUT2D eigenvalue weighted by atomic mass is 10.0. The van der Waals surface area contributed by atoms with E-state index in [4.69, 9.17) is 4.98 Å². The van der Waals surface area contributed by atoms with E-state index in [2.05, 4.69) is 34.7 Å². The van der Waals surface area contributed by atoms with E-state index in [1.807, 2.05) is 43.3 Å². The molecule has 0 spiro atoms. The second-order valence-corrected chi connectivity index (χ2v) is 8.07. The topological polar surface area (TPSA) is 84.0 Å². The van der Waals surface area contributed by atoms with Gasteiger partial charge in [-0.05, 0) is 60.5 Å². The summed E-state index contributed by atoms with van der Waals surface area (Å²) in [5.41, 5.74) is 4.63. The first-order valence-corrected chi connectivity index (χ1v) is 10.3. The van der Waals surface area contributed by atoms with E-state index in [-0.39, 0.29) is 17.2 Å². The van der Waals surface area contributed by atoms with Crippen molar-refractivity contribution in [3.63, 3.8) is 0 Å². The van der Waals surface area contributed by atoms with Gasteiger partial charge < -0.3 is 5.32 Å². The summed E-state index contributed by atoms with van der Waals surface area (Å²) in [5.74, 6) is 0.315. The first kappa shape index (κ1) is 19.8. The maximum Gasteiger partial charge on any atom is 0.290 e. The van der Waals surface area contributed by atoms with E-state index >= 15 is 0 Å². The van der Waals surface area contributed by atoms with Gasteiger partial charge in [0.25, 0.3) is 11.1 Å². The fourth-order valence-electron chi connectivity index (χ4n) is 3.24. The van der Waals surface area contributed by atoms with Crippen LogP contribution in [0.1, 0.15) is 29.7 Å². The Morgan fingerprint density at radius 2 is 1.90 bits per heavy atom. The number of imide groups is 1. The maximum absolute atomic E-state index is 11.8. The molecule has 30 heavy (non-hydrogen) atoms. The lowest BCUT2D eigenvalue weighted by molar-refractivity contribution is -0.115. The average Bonchev–Trinajstić information content (AvgIpc) is 3.05. The van der Waals surface area contributed by atoms with Crippen LogP contribution in [0.25, 0.3) is 17.3 Å². The van der Waals surface area contributed by atoms with Crippen molar-refractivity contribution in [2.75, 3.05) is 5.32 Å². The Morgan fingerprint density at radius 1 is 1.10 bits per heavy atom. The standard InChI is InChI=1S/C23H20N4O2S/c1-14-8-16(11-20-22(28)27-23(29)30-20)10-18(9-14)19-12-24-13-21(26-19)25-15(2)17-6-4-3-5-7-17/h3-13,15H,1-2H3,(H,25,26)(H,27,28,29)/b20-11-/t15-/m0/s1. The minimum Gasteiger partial charge on any atom is -0.362 e. The molecule has 4 rings (SSSR count). The van der Waals surface area contributed by atoms with E-state index in [1.54, 1.807) is 18.5 Å². The van der Waals surface area contributed by atoms with Gasteiger partial charge in [0.1, 0.15) is 5.82 Å². The number of rotatable bonds is 5. The fourth-order valence-corrected chi connectivity index (χ4v) is 3.92. The van der Waals surface area contributed by atoms with Gasteiger partial charge in [-0.15, -0.1) is 0 Å². The summed E-state index contributed by atoms with van der Waals surface area (Å²) in [5, 5.41) is 5.31. The van der Waals surface area contributed by atoms with Gasteiger partial charge in [0, 0.05) is 11.6 Å². The lowest BCUT2D eigenvalue weighted by Gasteiger charge is -2.15. The van der Waals surface area contributed by atoms with Crippen LogP contribution in [-0.2, 0) is 4.79 Å². The molecule has 7 heteroatoms. The zero-order valence-electron chi connectivity index (χ0n) is 16.5. The van der Waals surface area contributed by atoms with Gasteiger partial charge >= 0.3 is 0 Å². The van der Waals surface area contributed by atoms with Crippen LogP contribution in [0.2, 0.25) is 0 Å². The summed E-state index contributed by atoms with van der Waals surface area (Å²) in [6.07, 6.45) is 5.13. The molecule has 1 aliphatic rings. The van der Waals surface area contributed by atoms with Crippen LogP contribution in [0.3, 0.4) is 0 Å². The highest BCUT2D eigenvalue weighted by Gasteiger charge is 2.25. The number of hydrogen-bond acceptors (Lipinski definition) is 6. The fraction of sp³-hybridized carbons (Fsp3) is 0.130. The van der Waals surface area contributed by atoms with Gasteiger partial charge in [0.05, 0.1) is 23.0 Å². The Morgan fingerprint density at radius 3 is 2.63 bits per heavy atom. The van der Waals surface area contributed by atoms with Crippen LogP contribution < -0.4 is 10.6 Å². The van der Waals surface area contributed by atoms with Gasteiger partial charge in [-0.2, -0.15) is 0 Å². The number of benzene rings is 2. The van der Waals surface area contributed by atoms with Crippen LogP contribution >= 0.6 is 11.8 Å². The van der Waals surface area contributed by atoms with Crippen molar-refractivity contribution < 1.29 is 9.59 Å². The number of nitrogens with zero attached hydrogens (tertiary/aromatic N) is 2. The molecular weight excluding hydrogens is 396 g/mol. The number of anilines is 1. The quantitative estimate of drug-likeness (QED) is 0.573. The molecule has 2 aromatic carbocycles. The third-order valence-corrected chi connectivity index (χ3v) is 5.44. The Balaban J connectivity index is 1.61. The second-order valence-electron chi connectivity index (χ2n) is 7.05. The van der Waals surface area contributed by atoms with Crippen LogP contribution in [0.4, 0.5) is 10.6 Å². The number of aryl methyl sites for hydroxylation is 1. The summed E-state index contributed by atoms with van der Waals surface area (Å²) in [6.45, 7) is 4.05. The van der Waals surface area contributed by atoms with Crippen LogP contribution in [0.15, 0.2) is 65.8 Å². The predicted octanol–water partition coefficient (Wildman–Crippen LogP) is 4.95. The smallest absolute Gasteiger partial charge is 0.290 e. The summed E-state index contributed by atoms with van der Waals surface area (Å²) >= 11 is 0.907. The molecule has 2 heterocycles. The summed E-state index contributed by atoms with van der Waals surface area (Å²) < 4.78 is 0. The molecule has 1 saturated heterocycles. The zero-order chi connectivity index (χ0) is 21.1. The predicted molar refractivity (Wildman–Crippen MR) is 120 cm³/mol. The number of thioether (sulfide) groups is 1. The summed E-state index contributed by atoms with van der Waals surface area (Å²) in [4.78, 5) is 32.7. The molecule has 0 bridgehead atoms. The normalized spacial score (nSPS) is 15.9. The molecule has 0 unspecified atom stereocenters. The minimum atomic E-state index is -0.367. The van der Waals surface area contributed by atoms with Gasteiger partial charge in [-0.25, -0.2) is 4.98 Å². The Kier molecular flexibility index (Phi) is 5.63. The summed E-state index contributed by atoms with van der Waals surface area (Å²) in [6, 6.07) is 16.1. The molecule has 3 aromatic rings. The Hall–Kier alpha value is -3.45. The first-order valence-electron chi connectivity index (χ1n) is 9.48. The molecule has 0 aliphatic carbocycles. The van der Waals surface area contributed by atoms with E-state index in [0.717, 1.165) is 39.7 Å². The number of amides is 2. The van der Waals surface area contributed by atoms with Crippen molar-refractivity contribution in [1.29, 1.82) is 0 Å². The van der Waals surface area contributed by atoms with Gasteiger partial charge in [0.15, 0.2) is 0 Å².